The molecule has 0 aromatic heterocycles. The van der Waals surface area contributed by atoms with E-state index in [0.29, 0.717) is 11.1 Å². The van der Waals surface area contributed by atoms with Crippen LogP contribution in [0.5, 0.6) is 0 Å². The Hall–Kier alpha value is -1.15. The van der Waals surface area contributed by atoms with Crippen LogP contribution in [0.3, 0.4) is 0 Å². The highest BCUT2D eigenvalue weighted by atomic mass is 16.5. The number of ketones is 1. The Morgan fingerprint density at radius 3 is 2.00 bits per heavy atom. The minimum atomic E-state index is -0.472. The Labute approximate surface area is 64.9 Å². The summed E-state index contributed by atoms with van der Waals surface area (Å²) in [5.74, 6) is -0.0348. The standard InChI is InChI=1S/C9H8O2/c1-4-5(2)9-7(10)6(3)8(4)11-9/h8-9H,1-3H2. The van der Waals surface area contributed by atoms with Crippen LogP contribution in [0.2, 0.25) is 0 Å². The maximum absolute atomic E-state index is 11.2. The fraction of sp³-hybridized carbons (Fsp3) is 0.222. The van der Waals surface area contributed by atoms with Crippen molar-refractivity contribution in [2.45, 2.75) is 12.2 Å². The van der Waals surface area contributed by atoms with E-state index < -0.39 is 6.10 Å². The van der Waals surface area contributed by atoms with Crippen molar-refractivity contribution >= 4 is 5.78 Å². The van der Waals surface area contributed by atoms with Crippen LogP contribution in [0, 0.1) is 0 Å². The van der Waals surface area contributed by atoms with Crippen LogP contribution in [0.4, 0.5) is 0 Å². The fourth-order valence-electron chi connectivity index (χ4n) is 1.45. The van der Waals surface area contributed by atoms with E-state index in [4.69, 9.17) is 4.74 Å². The van der Waals surface area contributed by atoms with Crippen molar-refractivity contribution in [2.24, 2.45) is 0 Å². The van der Waals surface area contributed by atoms with Gasteiger partial charge in [0.05, 0.1) is 0 Å². The number of hydrogen-bond donors (Lipinski definition) is 0. The highest BCUT2D eigenvalue weighted by Gasteiger charge is 2.47. The predicted molar refractivity (Wildman–Crippen MR) is 41.1 cm³/mol. The molecule has 2 heterocycles. The Balaban J connectivity index is 2.50. The molecule has 2 rings (SSSR count). The maximum Gasteiger partial charge on any atom is 0.194 e. The van der Waals surface area contributed by atoms with Gasteiger partial charge in [0, 0.05) is 5.57 Å². The number of ether oxygens (including phenoxy) is 1. The first-order valence-corrected chi connectivity index (χ1v) is 3.39. The van der Waals surface area contributed by atoms with Gasteiger partial charge in [0.15, 0.2) is 5.78 Å². The average Bonchev–Trinajstić information content (AvgIpc) is 2.40. The molecule has 2 fully saturated rings. The predicted octanol–water partition coefficient (Wildman–Crippen LogP) is 1.01. The summed E-state index contributed by atoms with van der Waals surface area (Å²) in [5.41, 5.74) is 2.04. The molecule has 2 aliphatic heterocycles. The lowest BCUT2D eigenvalue weighted by molar-refractivity contribution is -0.118. The molecule has 0 aromatic carbocycles. The molecule has 2 atom stereocenters. The van der Waals surface area contributed by atoms with Crippen molar-refractivity contribution in [2.75, 3.05) is 0 Å². The highest BCUT2D eigenvalue weighted by molar-refractivity contribution is 6.06. The van der Waals surface area contributed by atoms with Crippen LogP contribution >= 0.6 is 0 Å². The quantitative estimate of drug-likeness (QED) is 0.479. The normalized spacial score (nSPS) is 35.6. The molecule has 0 aromatic rings. The van der Waals surface area contributed by atoms with Gasteiger partial charge in [-0.15, -0.1) is 0 Å². The van der Waals surface area contributed by atoms with E-state index in [0.717, 1.165) is 5.57 Å². The van der Waals surface area contributed by atoms with E-state index in [1.54, 1.807) is 0 Å². The number of carbonyl (C=O) groups excluding carboxylic acids is 1. The topological polar surface area (TPSA) is 26.3 Å². The Bertz CT molecular complexity index is 241. The largest absolute Gasteiger partial charge is 0.353 e. The third kappa shape index (κ3) is 0.576. The summed E-state index contributed by atoms with van der Waals surface area (Å²) in [5, 5.41) is 0. The van der Waals surface area contributed by atoms with Crippen molar-refractivity contribution in [3.8, 4) is 0 Å². The van der Waals surface area contributed by atoms with Crippen molar-refractivity contribution in [3.63, 3.8) is 0 Å². The molecule has 0 aliphatic carbocycles. The summed E-state index contributed by atoms with van der Waals surface area (Å²) in [6.45, 7) is 11.1. The second-order valence-electron chi connectivity index (χ2n) is 2.84. The molecule has 11 heavy (non-hydrogen) atoms. The van der Waals surface area contributed by atoms with Gasteiger partial charge in [0.25, 0.3) is 0 Å². The molecule has 2 saturated heterocycles. The van der Waals surface area contributed by atoms with Gasteiger partial charge < -0.3 is 4.74 Å². The van der Waals surface area contributed by atoms with Gasteiger partial charge in [-0.25, -0.2) is 0 Å². The number of rotatable bonds is 0. The molecule has 2 heteroatoms. The molecule has 2 bridgehead atoms. The van der Waals surface area contributed by atoms with Crippen LogP contribution < -0.4 is 0 Å². The molecule has 2 aliphatic rings. The molecule has 0 N–H and O–H groups in total. The highest BCUT2D eigenvalue weighted by Crippen LogP contribution is 2.40. The summed E-state index contributed by atoms with van der Waals surface area (Å²) in [6, 6.07) is 0. The molecule has 2 nitrogen and oxygen atoms in total. The SMILES string of the molecule is C=C1C(=C)C2OC1C(=C)C2=O. The van der Waals surface area contributed by atoms with Gasteiger partial charge in [-0.1, -0.05) is 19.7 Å². The molecule has 0 amide bonds. The third-order valence-electron chi connectivity index (χ3n) is 2.19. The zero-order chi connectivity index (χ0) is 8.17. The van der Waals surface area contributed by atoms with Crippen molar-refractivity contribution in [1.82, 2.24) is 0 Å². The zero-order valence-electron chi connectivity index (χ0n) is 6.09. The van der Waals surface area contributed by atoms with E-state index >= 15 is 0 Å². The van der Waals surface area contributed by atoms with Gasteiger partial charge in [0.2, 0.25) is 0 Å². The zero-order valence-corrected chi connectivity index (χ0v) is 6.09. The van der Waals surface area contributed by atoms with Crippen molar-refractivity contribution in [1.29, 1.82) is 0 Å². The summed E-state index contributed by atoms with van der Waals surface area (Å²) in [6.07, 6.45) is -0.750. The number of fused-ring (bicyclic) bond motifs is 2. The Morgan fingerprint density at radius 1 is 1.00 bits per heavy atom. The summed E-state index contributed by atoms with van der Waals surface area (Å²) in [4.78, 5) is 11.2. The minimum Gasteiger partial charge on any atom is -0.353 e. The number of Topliss-reactive ketones (excluding diaryl/α,β-unsaturated/α-hetero) is 1. The number of hydrogen-bond acceptors (Lipinski definition) is 2. The summed E-state index contributed by atoms with van der Waals surface area (Å²) < 4.78 is 5.27. The second kappa shape index (κ2) is 1.71. The summed E-state index contributed by atoms with van der Waals surface area (Å²) in [7, 11) is 0. The third-order valence-corrected chi connectivity index (χ3v) is 2.19. The van der Waals surface area contributed by atoms with Crippen molar-refractivity contribution < 1.29 is 9.53 Å². The monoisotopic (exact) mass is 148 g/mol. The molecular weight excluding hydrogens is 140 g/mol. The van der Waals surface area contributed by atoms with Gasteiger partial charge in [-0.2, -0.15) is 0 Å². The molecule has 56 valence electrons. The van der Waals surface area contributed by atoms with E-state index in [1.165, 1.54) is 0 Å². The first-order chi connectivity index (χ1) is 5.13. The molecule has 0 radical (unpaired) electrons. The Kier molecular flexibility index (Phi) is 1.02. The van der Waals surface area contributed by atoms with Crippen LogP contribution in [0.1, 0.15) is 0 Å². The van der Waals surface area contributed by atoms with Crippen LogP contribution in [0.15, 0.2) is 36.5 Å². The Morgan fingerprint density at radius 2 is 1.55 bits per heavy atom. The van der Waals surface area contributed by atoms with Crippen LogP contribution in [-0.4, -0.2) is 18.0 Å². The fourth-order valence-corrected chi connectivity index (χ4v) is 1.45. The number of carbonyl (C=O) groups is 1. The second-order valence-corrected chi connectivity index (χ2v) is 2.84. The lowest BCUT2D eigenvalue weighted by Gasteiger charge is -2.11. The first kappa shape index (κ1) is 6.55. The maximum atomic E-state index is 11.2. The molecule has 2 unspecified atom stereocenters. The molecule has 0 saturated carbocycles. The lowest BCUT2D eigenvalue weighted by Crippen LogP contribution is -2.21. The van der Waals surface area contributed by atoms with Gasteiger partial charge in [-0.05, 0) is 11.1 Å². The first-order valence-electron chi connectivity index (χ1n) is 3.39. The molecule has 0 spiro atoms. The minimum absolute atomic E-state index is 0.0348. The van der Waals surface area contributed by atoms with Gasteiger partial charge >= 0.3 is 0 Å². The van der Waals surface area contributed by atoms with Crippen molar-refractivity contribution in [3.05, 3.63) is 36.5 Å². The van der Waals surface area contributed by atoms with Crippen LogP contribution in [-0.2, 0) is 9.53 Å². The smallest absolute Gasteiger partial charge is 0.194 e. The van der Waals surface area contributed by atoms with Crippen LogP contribution in [0.25, 0.3) is 0 Å². The molecular formula is C9H8O2. The van der Waals surface area contributed by atoms with Gasteiger partial charge in [0.1, 0.15) is 12.2 Å². The summed E-state index contributed by atoms with van der Waals surface area (Å²) >= 11 is 0. The lowest BCUT2D eigenvalue weighted by atomic mass is 9.88. The van der Waals surface area contributed by atoms with Gasteiger partial charge in [-0.3, -0.25) is 4.79 Å². The van der Waals surface area contributed by atoms with E-state index in [2.05, 4.69) is 19.7 Å². The van der Waals surface area contributed by atoms with E-state index in [-0.39, 0.29) is 11.9 Å². The van der Waals surface area contributed by atoms with E-state index in [1.807, 2.05) is 0 Å². The van der Waals surface area contributed by atoms with E-state index in [9.17, 15) is 4.79 Å². The average molecular weight is 148 g/mol.